The van der Waals surface area contributed by atoms with Gasteiger partial charge >= 0.3 is 11.9 Å². The van der Waals surface area contributed by atoms with Gasteiger partial charge < -0.3 is 15.5 Å². The number of nitrogens with one attached hydrogen (secondary N) is 1. The van der Waals surface area contributed by atoms with Crippen molar-refractivity contribution in [1.29, 1.82) is 0 Å². The van der Waals surface area contributed by atoms with Crippen molar-refractivity contribution in [2.75, 3.05) is 6.54 Å². The van der Waals surface area contributed by atoms with Crippen LogP contribution in [-0.2, 0) is 4.79 Å². The second-order valence-electron chi connectivity index (χ2n) is 7.61. The Labute approximate surface area is 174 Å². The van der Waals surface area contributed by atoms with Gasteiger partial charge in [-0.2, -0.15) is 0 Å². The smallest absolute Gasteiger partial charge is 0.336 e. The molecule has 5 nitrogen and oxygen atoms in total. The van der Waals surface area contributed by atoms with Crippen molar-refractivity contribution < 1.29 is 19.8 Å². The van der Waals surface area contributed by atoms with Crippen LogP contribution in [0.15, 0.2) is 41.3 Å². The first-order valence-corrected chi connectivity index (χ1v) is 10.3. The fourth-order valence-electron chi connectivity index (χ4n) is 4.48. The molecule has 2 aromatic rings. The molecule has 1 aliphatic heterocycles. The lowest BCUT2D eigenvalue weighted by molar-refractivity contribution is -0.141. The van der Waals surface area contributed by atoms with Crippen molar-refractivity contribution >= 4 is 46.9 Å². The number of piperidine rings is 1. The van der Waals surface area contributed by atoms with Gasteiger partial charge in [0.15, 0.2) is 0 Å². The van der Waals surface area contributed by atoms with Crippen LogP contribution in [-0.4, -0.2) is 40.0 Å². The molecule has 1 saturated heterocycles. The molecule has 1 saturated carbocycles. The van der Waals surface area contributed by atoms with E-state index in [1.165, 1.54) is 0 Å². The summed E-state index contributed by atoms with van der Waals surface area (Å²) in [5, 5.41) is 24.4. The lowest BCUT2D eigenvalue weighted by Gasteiger charge is -2.41. The average Bonchev–Trinajstić information content (AvgIpc) is 2.66. The van der Waals surface area contributed by atoms with Crippen LogP contribution in [0.4, 0.5) is 0 Å². The van der Waals surface area contributed by atoms with Gasteiger partial charge in [-0.25, -0.2) is 4.79 Å². The van der Waals surface area contributed by atoms with Crippen LogP contribution >= 0.6 is 24.2 Å². The molecule has 2 aromatic carbocycles. The predicted molar refractivity (Wildman–Crippen MR) is 113 cm³/mol. The summed E-state index contributed by atoms with van der Waals surface area (Å²) in [5.41, 5.74) is 0.356. The van der Waals surface area contributed by atoms with E-state index in [2.05, 4.69) is 5.32 Å². The van der Waals surface area contributed by atoms with Gasteiger partial charge in [-0.1, -0.05) is 24.3 Å². The number of fused-ring (bicyclic) bond motifs is 2. The van der Waals surface area contributed by atoms with Crippen molar-refractivity contribution in [3.63, 3.8) is 0 Å². The summed E-state index contributed by atoms with van der Waals surface area (Å²) in [5.74, 6) is -0.740. The van der Waals surface area contributed by atoms with E-state index in [1.54, 1.807) is 17.8 Å². The predicted octanol–water partition coefficient (Wildman–Crippen LogP) is 4.28. The van der Waals surface area contributed by atoms with Crippen LogP contribution in [0.1, 0.15) is 36.0 Å². The van der Waals surface area contributed by atoms with E-state index >= 15 is 0 Å². The largest absolute Gasteiger partial charge is 0.480 e. The van der Waals surface area contributed by atoms with E-state index in [-0.39, 0.29) is 12.4 Å². The molecule has 3 N–H and O–H groups in total. The minimum atomic E-state index is -0.898. The van der Waals surface area contributed by atoms with Crippen LogP contribution in [0, 0.1) is 11.8 Å². The monoisotopic (exact) mass is 421 g/mol. The molecule has 150 valence electrons. The van der Waals surface area contributed by atoms with E-state index < -0.39 is 18.0 Å². The third-order valence-corrected chi connectivity index (χ3v) is 7.28. The third kappa shape index (κ3) is 4.29. The van der Waals surface area contributed by atoms with Crippen molar-refractivity contribution in [3.8, 4) is 0 Å². The molecular weight excluding hydrogens is 398 g/mol. The van der Waals surface area contributed by atoms with Crippen LogP contribution in [0.2, 0.25) is 0 Å². The van der Waals surface area contributed by atoms with Gasteiger partial charge in [0.1, 0.15) is 6.04 Å². The van der Waals surface area contributed by atoms with Crippen molar-refractivity contribution in [2.45, 2.75) is 41.9 Å². The Morgan fingerprint density at radius 2 is 1.71 bits per heavy atom. The third-order valence-electron chi connectivity index (χ3n) is 5.93. The Hall–Kier alpha value is -1.76. The van der Waals surface area contributed by atoms with E-state index in [1.807, 2.05) is 30.3 Å². The first-order valence-electron chi connectivity index (χ1n) is 9.40. The summed E-state index contributed by atoms with van der Waals surface area (Å²) in [6, 6.07) is 11.1. The van der Waals surface area contributed by atoms with E-state index in [4.69, 9.17) is 0 Å². The number of carboxylic acid groups (broad SMARTS) is 2. The first-order chi connectivity index (χ1) is 13.0. The van der Waals surface area contributed by atoms with Gasteiger partial charge in [-0.15, -0.1) is 24.2 Å². The summed E-state index contributed by atoms with van der Waals surface area (Å²) >= 11 is 1.65. The summed E-state index contributed by atoms with van der Waals surface area (Å²) in [7, 11) is 0. The van der Waals surface area contributed by atoms with Crippen molar-refractivity contribution in [2.24, 2.45) is 11.8 Å². The van der Waals surface area contributed by atoms with Crippen LogP contribution < -0.4 is 5.32 Å². The number of hydrogen-bond donors (Lipinski definition) is 3. The maximum atomic E-state index is 11.8. The molecule has 2 aliphatic rings. The SMILES string of the molecule is Cl.O=C(O)c1cc2ccccc2cc1SC1CCC2CNC(C(=O)O)CC2C1. The standard InChI is InChI=1S/C21H23NO4S.ClH/c23-20(24)17-8-12-3-1-2-4-13(12)10-19(17)27-16-6-5-14-11-22-18(21(25)26)9-15(14)7-16;/h1-4,8,10,14-16,18,22H,5-7,9,11H2,(H,23,24)(H,25,26);1H. The minimum absolute atomic E-state index is 0. The molecule has 1 aliphatic carbocycles. The summed E-state index contributed by atoms with van der Waals surface area (Å²) in [6.07, 6.45) is 3.72. The second-order valence-corrected chi connectivity index (χ2v) is 8.95. The molecule has 28 heavy (non-hydrogen) atoms. The molecule has 1 heterocycles. The molecule has 4 rings (SSSR count). The number of benzene rings is 2. The Balaban J connectivity index is 0.00000225. The number of rotatable bonds is 4. The van der Waals surface area contributed by atoms with Crippen LogP contribution in [0.3, 0.4) is 0 Å². The van der Waals surface area contributed by atoms with Gasteiger partial charge in [0, 0.05) is 10.1 Å². The minimum Gasteiger partial charge on any atom is -0.480 e. The Bertz CT molecular complexity index is 890. The van der Waals surface area contributed by atoms with Gasteiger partial charge in [0.2, 0.25) is 0 Å². The van der Waals surface area contributed by atoms with Gasteiger partial charge in [-0.05, 0) is 67.0 Å². The number of thioether (sulfide) groups is 1. The molecule has 4 unspecified atom stereocenters. The molecule has 0 aromatic heterocycles. The highest BCUT2D eigenvalue weighted by Gasteiger charge is 2.38. The highest BCUT2D eigenvalue weighted by atomic mass is 35.5. The molecular formula is C21H24ClNO4S. The molecule has 0 radical (unpaired) electrons. The molecule has 0 bridgehead atoms. The highest BCUT2D eigenvalue weighted by molar-refractivity contribution is 8.00. The van der Waals surface area contributed by atoms with Crippen LogP contribution in [0.25, 0.3) is 10.8 Å². The Kier molecular flexibility index (Phi) is 6.53. The van der Waals surface area contributed by atoms with Gasteiger partial charge in [0.05, 0.1) is 5.56 Å². The maximum absolute atomic E-state index is 11.8. The second kappa shape index (κ2) is 8.72. The quantitative estimate of drug-likeness (QED) is 0.682. The molecule has 0 spiro atoms. The normalized spacial score (nSPS) is 26.9. The molecule has 4 atom stereocenters. The Morgan fingerprint density at radius 1 is 1.00 bits per heavy atom. The zero-order valence-corrected chi connectivity index (χ0v) is 17.0. The average molecular weight is 422 g/mol. The lowest BCUT2D eigenvalue weighted by Crippen LogP contribution is -2.49. The van der Waals surface area contributed by atoms with Crippen molar-refractivity contribution in [1.82, 2.24) is 5.32 Å². The molecule has 7 heteroatoms. The zero-order chi connectivity index (χ0) is 19.0. The van der Waals surface area contributed by atoms with Gasteiger partial charge in [-0.3, -0.25) is 4.79 Å². The number of aromatic carboxylic acids is 1. The van der Waals surface area contributed by atoms with E-state index in [0.29, 0.717) is 29.1 Å². The van der Waals surface area contributed by atoms with E-state index in [0.717, 1.165) is 41.5 Å². The topological polar surface area (TPSA) is 86.6 Å². The summed E-state index contributed by atoms with van der Waals surface area (Å²) < 4.78 is 0. The first kappa shape index (κ1) is 21.0. The Morgan fingerprint density at radius 3 is 2.39 bits per heavy atom. The molecule has 2 fully saturated rings. The van der Waals surface area contributed by atoms with E-state index in [9.17, 15) is 19.8 Å². The highest BCUT2D eigenvalue weighted by Crippen LogP contribution is 2.43. The van der Waals surface area contributed by atoms with Crippen molar-refractivity contribution in [3.05, 3.63) is 42.0 Å². The van der Waals surface area contributed by atoms with Gasteiger partial charge in [0.25, 0.3) is 0 Å². The molecule has 0 amide bonds. The maximum Gasteiger partial charge on any atom is 0.336 e. The lowest BCUT2D eigenvalue weighted by atomic mass is 9.73. The number of carbonyl (C=O) groups is 2. The fourth-order valence-corrected chi connectivity index (χ4v) is 5.90. The number of aliphatic carboxylic acids is 1. The zero-order valence-electron chi connectivity index (χ0n) is 15.3. The number of hydrogen-bond acceptors (Lipinski definition) is 4. The van der Waals surface area contributed by atoms with Crippen LogP contribution in [0.5, 0.6) is 0 Å². The number of carboxylic acids is 2. The fraction of sp³-hybridized carbons (Fsp3) is 0.429. The summed E-state index contributed by atoms with van der Waals surface area (Å²) in [6.45, 7) is 0.773. The summed E-state index contributed by atoms with van der Waals surface area (Å²) in [4.78, 5) is 23.9. The number of halogens is 1.